The van der Waals surface area contributed by atoms with Crippen LogP contribution in [0.1, 0.15) is 0 Å². The van der Waals surface area contributed by atoms with Crippen LogP contribution in [0.3, 0.4) is 0 Å². The number of thiazole rings is 1. The van der Waals surface area contributed by atoms with Crippen LogP contribution in [0, 0.1) is 0 Å². The largest absolute Gasteiger partial charge is 0.399 e. The van der Waals surface area contributed by atoms with Crippen LogP contribution in [0.4, 0.5) is 10.8 Å². The van der Waals surface area contributed by atoms with Crippen molar-refractivity contribution in [1.29, 1.82) is 0 Å². The fourth-order valence-electron chi connectivity index (χ4n) is 1.76. The van der Waals surface area contributed by atoms with Crippen LogP contribution in [0.2, 0.25) is 0 Å². The minimum atomic E-state index is -3.66. The summed E-state index contributed by atoms with van der Waals surface area (Å²) in [6.07, 6.45) is 0. The minimum Gasteiger partial charge on any atom is -0.399 e. The van der Waals surface area contributed by atoms with Crippen molar-refractivity contribution < 1.29 is 8.42 Å². The molecule has 2 aromatic carbocycles. The van der Waals surface area contributed by atoms with Gasteiger partial charge in [0.05, 0.1) is 15.1 Å². The SMILES string of the molecule is Nc1ccc(S(=O)(=O)Nc2nc3ccc(Br)cc3s2)cc1. The molecule has 0 unspecified atom stereocenters. The number of hydrogen-bond acceptors (Lipinski definition) is 5. The number of sulfonamides is 1. The summed E-state index contributed by atoms with van der Waals surface area (Å²) in [5.74, 6) is 0. The van der Waals surface area contributed by atoms with E-state index in [1.54, 1.807) is 12.1 Å². The molecule has 0 aliphatic rings. The van der Waals surface area contributed by atoms with Gasteiger partial charge >= 0.3 is 0 Å². The molecule has 1 aromatic heterocycles. The van der Waals surface area contributed by atoms with Gasteiger partial charge in [-0.25, -0.2) is 13.4 Å². The third-order valence-electron chi connectivity index (χ3n) is 2.76. The summed E-state index contributed by atoms with van der Waals surface area (Å²) in [5, 5.41) is 0.333. The van der Waals surface area contributed by atoms with E-state index in [1.807, 2.05) is 18.2 Å². The average molecular weight is 384 g/mol. The van der Waals surface area contributed by atoms with E-state index in [-0.39, 0.29) is 4.90 Å². The van der Waals surface area contributed by atoms with Crippen LogP contribution in [-0.4, -0.2) is 13.4 Å². The topological polar surface area (TPSA) is 85.1 Å². The number of rotatable bonds is 3. The quantitative estimate of drug-likeness (QED) is 0.678. The molecular weight excluding hydrogens is 374 g/mol. The van der Waals surface area contributed by atoms with E-state index in [9.17, 15) is 8.42 Å². The molecule has 1 heterocycles. The molecule has 0 radical (unpaired) electrons. The highest BCUT2D eigenvalue weighted by atomic mass is 79.9. The van der Waals surface area contributed by atoms with E-state index in [0.717, 1.165) is 14.7 Å². The number of benzene rings is 2. The normalized spacial score (nSPS) is 11.7. The van der Waals surface area contributed by atoms with Crippen molar-refractivity contribution in [1.82, 2.24) is 4.98 Å². The highest BCUT2D eigenvalue weighted by molar-refractivity contribution is 9.10. The zero-order valence-corrected chi connectivity index (χ0v) is 13.8. The second-order valence-corrected chi connectivity index (χ2v) is 7.93. The number of fused-ring (bicyclic) bond motifs is 1. The fraction of sp³-hybridized carbons (Fsp3) is 0. The third-order valence-corrected chi connectivity index (χ3v) is 5.67. The molecule has 0 amide bonds. The molecule has 3 rings (SSSR count). The Labute approximate surface area is 134 Å². The summed E-state index contributed by atoms with van der Waals surface area (Å²) in [6.45, 7) is 0. The molecule has 3 N–H and O–H groups in total. The van der Waals surface area contributed by atoms with Gasteiger partial charge in [0.1, 0.15) is 0 Å². The van der Waals surface area contributed by atoms with Crippen molar-refractivity contribution in [3.8, 4) is 0 Å². The average Bonchev–Trinajstić information content (AvgIpc) is 2.79. The van der Waals surface area contributed by atoms with E-state index < -0.39 is 10.0 Å². The Morgan fingerprint density at radius 3 is 2.57 bits per heavy atom. The molecule has 8 heteroatoms. The molecule has 0 fully saturated rings. The first-order valence-electron chi connectivity index (χ1n) is 5.88. The molecular formula is C13H10BrN3O2S2. The van der Waals surface area contributed by atoms with Gasteiger partial charge in [-0.3, -0.25) is 4.72 Å². The van der Waals surface area contributed by atoms with Crippen LogP contribution < -0.4 is 10.5 Å². The standard InChI is InChI=1S/C13H10BrN3O2S2/c14-8-1-6-11-12(7-8)20-13(16-11)17-21(18,19)10-4-2-9(15)3-5-10/h1-7H,15H2,(H,16,17). The predicted molar refractivity (Wildman–Crippen MR) is 89.0 cm³/mol. The zero-order chi connectivity index (χ0) is 15.0. The second-order valence-electron chi connectivity index (χ2n) is 4.31. The molecule has 0 spiro atoms. The number of hydrogen-bond donors (Lipinski definition) is 2. The Kier molecular flexibility index (Phi) is 3.60. The maximum atomic E-state index is 12.3. The van der Waals surface area contributed by atoms with Crippen LogP contribution in [0.15, 0.2) is 51.8 Å². The first kappa shape index (κ1) is 14.3. The van der Waals surface area contributed by atoms with Crippen molar-refractivity contribution in [3.05, 3.63) is 46.9 Å². The predicted octanol–water partition coefficient (Wildman–Crippen LogP) is 3.44. The van der Waals surface area contributed by atoms with Crippen molar-refractivity contribution in [3.63, 3.8) is 0 Å². The van der Waals surface area contributed by atoms with E-state index in [0.29, 0.717) is 10.8 Å². The molecule has 0 atom stereocenters. The van der Waals surface area contributed by atoms with E-state index >= 15 is 0 Å². The third kappa shape index (κ3) is 3.02. The molecule has 3 aromatic rings. The summed E-state index contributed by atoms with van der Waals surface area (Å²) in [7, 11) is -3.66. The maximum absolute atomic E-state index is 12.3. The van der Waals surface area contributed by atoms with Crippen LogP contribution in [-0.2, 0) is 10.0 Å². The molecule has 5 nitrogen and oxygen atoms in total. The highest BCUT2D eigenvalue weighted by Crippen LogP contribution is 2.29. The number of nitrogen functional groups attached to an aromatic ring is 1. The Morgan fingerprint density at radius 2 is 1.86 bits per heavy atom. The summed E-state index contributed by atoms with van der Waals surface area (Å²) >= 11 is 4.65. The number of nitrogens with two attached hydrogens (primary N) is 1. The number of nitrogens with one attached hydrogen (secondary N) is 1. The lowest BCUT2D eigenvalue weighted by Gasteiger charge is -2.04. The van der Waals surface area contributed by atoms with Crippen molar-refractivity contribution in [2.24, 2.45) is 0 Å². The summed E-state index contributed by atoms with van der Waals surface area (Å²) < 4.78 is 28.8. The smallest absolute Gasteiger partial charge is 0.263 e. The van der Waals surface area contributed by atoms with Gasteiger partial charge in [-0.1, -0.05) is 27.3 Å². The maximum Gasteiger partial charge on any atom is 0.263 e. The lowest BCUT2D eigenvalue weighted by molar-refractivity contribution is 0.601. The van der Waals surface area contributed by atoms with Gasteiger partial charge < -0.3 is 5.73 Å². The minimum absolute atomic E-state index is 0.150. The zero-order valence-electron chi connectivity index (χ0n) is 10.6. The van der Waals surface area contributed by atoms with Crippen molar-refractivity contribution >= 4 is 58.3 Å². The first-order chi connectivity index (χ1) is 9.94. The summed E-state index contributed by atoms with van der Waals surface area (Å²) in [4.78, 5) is 4.41. The van der Waals surface area contributed by atoms with Gasteiger partial charge in [-0.15, -0.1) is 0 Å². The van der Waals surface area contributed by atoms with Crippen molar-refractivity contribution in [2.75, 3.05) is 10.5 Å². The van der Waals surface area contributed by atoms with Crippen LogP contribution in [0.25, 0.3) is 10.2 Å². The molecule has 0 aliphatic carbocycles. The van der Waals surface area contributed by atoms with Crippen molar-refractivity contribution in [2.45, 2.75) is 4.90 Å². The van der Waals surface area contributed by atoms with E-state index in [1.165, 1.54) is 23.5 Å². The number of aromatic nitrogens is 1. The van der Waals surface area contributed by atoms with Gasteiger partial charge in [0, 0.05) is 10.2 Å². The van der Waals surface area contributed by atoms with Gasteiger partial charge in [0.15, 0.2) is 5.13 Å². The lowest BCUT2D eigenvalue weighted by atomic mass is 10.3. The van der Waals surface area contributed by atoms with Gasteiger partial charge in [0.25, 0.3) is 10.0 Å². The number of nitrogens with zero attached hydrogens (tertiary/aromatic N) is 1. The van der Waals surface area contributed by atoms with E-state index in [4.69, 9.17) is 5.73 Å². The molecule has 108 valence electrons. The number of anilines is 2. The summed E-state index contributed by atoms with van der Waals surface area (Å²) in [6, 6.07) is 11.6. The molecule has 0 saturated heterocycles. The summed E-state index contributed by atoms with van der Waals surface area (Å²) in [5.41, 5.74) is 6.82. The molecule has 21 heavy (non-hydrogen) atoms. The van der Waals surface area contributed by atoms with Gasteiger partial charge in [0.2, 0.25) is 0 Å². The number of halogens is 1. The van der Waals surface area contributed by atoms with Crippen LogP contribution >= 0.6 is 27.3 Å². The Morgan fingerprint density at radius 1 is 1.14 bits per heavy atom. The lowest BCUT2D eigenvalue weighted by Crippen LogP contribution is -2.12. The fourth-order valence-corrected chi connectivity index (χ4v) is 4.42. The van der Waals surface area contributed by atoms with Gasteiger partial charge in [-0.05, 0) is 42.5 Å². The Balaban J connectivity index is 1.95. The first-order valence-corrected chi connectivity index (χ1v) is 8.98. The van der Waals surface area contributed by atoms with Crippen LogP contribution in [0.5, 0.6) is 0 Å². The Bertz CT molecular complexity index is 905. The second kappa shape index (κ2) is 5.28. The monoisotopic (exact) mass is 383 g/mol. The van der Waals surface area contributed by atoms with Gasteiger partial charge in [-0.2, -0.15) is 0 Å². The highest BCUT2D eigenvalue weighted by Gasteiger charge is 2.16. The molecule has 0 aliphatic heterocycles. The van der Waals surface area contributed by atoms with E-state index in [2.05, 4.69) is 25.6 Å². The molecule has 0 saturated carbocycles. The molecule has 0 bridgehead atoms. The Hall–Kier alpha value is -1.64.